The van der Waals surface area contributed by atoms with Gasteiger partial charge in [0.15, 0.2) is 0 Å². The normalized spacial score (nSPS) is 13.2. The van der Waals surface area contributed by atoms with Gasteiger partial charge in [-0.05, 0) is 51.2 Å². The first-order valence-corrected chi connectivity index (χ1v) is 15.6. The maximum Gasteiger partial charge on any atom is 0.124 e. The van der Waals surface area contributed by atoms with Crippen molar-refractivity contribution in [2.24, 2.45) is 10.8 Å². The molecule has 0 aromatic heterocycles. The molecule has 2 rings (SSSR count). The van der Waals surface area contributed by atoms with E-state index in [1.54, 1.807) is 0 Å². The summed E-state index contributed by atoms with van der Waals surface area (Å²) in [6.07, 6.45) is 1.92. The molecule has 0 aliphatic heterocycles. The lowest BCUT2D eigenvalue weighted by Crippen LogP contribution is -2.37. The van der Waals surface area contributed by atoms with E-state index in [9.17, 15) is 10.2 Å². The average Bonchev–Trinajstić information content (AvgIpc) is 2.85. The van der Waals surface area contributed by atoms with Crippen LogP contribution in [-0.2, 0) is 36.9 Å². The van der Waals surface area contributed by atoms with Crippen molar-refractivity contribution in [3.8, 4) is 11.5 Å². The molecule has 41 heavy (non-hydrogen) atoms. The van der Waals surface area contributed by atoms with Gasteiger partial charge in [0.25, 0.3) is 0 Å². The first-order chi connectivity index (χ1) is 18.8. The largest absolute Gasteiger partial charge is 0.507 e. The predicted molar refractivity (Wildman–Crippen MR) is 176 cm³/mol. The van der Waals surface area contributed by atoms with Crippen molar-refractivity contribution >= 4 is 0 Å². The zero-order chi connectivity index (χ0) is 31.2. The third-order valence-electron chi connectivity index (χ3n) is 8.36. The van der Waals surface area contributed by atoms with Crippen molar-refractivity contribution in [3.05, 3.63) is 57.6 Å². The number of phenolic OH excluding ortho intramolecular Hbond substituents is 2. The number of aromatic hydroxyl groups is 2. The number of rotatable bonds is 14. The van der Waals surface area contributed by atoms with Crippen molar-refractivity contribution < 1.29 is 10.2 Å². The van der Waals surface area contributed by atoms with Crippen LogP contribution in [0, 0.1) is 10.8 Å². The van der Waals surface area contributed by atoms with Gasteiger partial charge >= 0.3 is 0 Å². The minimum absolute atomic E-state index is 0.00340. The first kappa shape index (κ1) is 35.1. The van der Waals surface area contributed by atoms with Gasteiger partial charge in [0, 0.05) is 56.0 Å². The van der Waals surface area contributed by atoms with Crippen molar-refractivity contribution in [2.45, 2.75) is 126 Å². The molecule has 0 aliphatic rings. The Morgan fingerprint density at radius 1 is 0.512 bits per heavy atom. The summed E-state index contributed by atoms with van der Waals surface area (Å²) in [5, 5.41) is 32.8. The van der Waals surface area contributed by atoms with E-state index in [0.29, 0.717) is 31.1 Å². The molecule has 0 bridgehead atoms. The lowest BCUT2D eigenvalue weighted by molar-refractivity contribution is 0.316. The summed E-state index contributed by atoms with van der Waals surface area (Å²) in [5.74, 6) is 0.811. The lowest BCUT2D eigenvalue weighted by atomic mass is 9.84. The Labute approximate surface area is 251 Å². The van der Waals surface area contributed by atoms with Crippen LogP contribution in [0.2, 0.25) is 0 Å². The molecule has 0 heterocycles. The van der Waals surface area contributed by atoms with Gasteiger partial charge in [0.2, 0.25) is 0 Å². The summed E-state index contributed by atoms with van der Waals surface area (Å²) < 4.78 is 0. The molecule has 0 aliphatic carbocycles. The van der Waals surface area contributed by atoms with E-state index >= 15 is 0 Å². The molecule has 0 amide bonds. The van der Waals surface area contributed by atoms with E-state index in [2.05, 4.69) is 123 Å². The smallest absolute Gasteiger partial charge is 0.124 e. The molecular weight excluding hydrogens is 506 g/mol. The van der Waals surface area contributed by atoms with Crippen LogP contribution in [0.1, 0.15) is 123 Å². The van der Waals surface area contributed by atoms with Crippen LogP contribution in [-0.4, -0.2) is 29.8 Å². The molecule has 5 N–H and O–H groups in total. The van der Waals surface area contributed by atoms with E-state index in [1.165, 1.54) is 11.1 Å². The van der Waals surface area contributed by atoms with E-state index in [-0.39, 0.29) is 21.7 Å². The SMILES string of the molecule is CCc1cc(C(C)(C)C)cc(CNCC(C)(C)CNCc2cc(C(C)(C)C)cc(CNCC(C)(C)CC)c2O)c1O. The average molecular weight is 568 g/mol. The van der Waals surface area contributed by atoms with Crippen molar-refractivity contribution in [2.75, 3.05) is 19.6 Å². The second-order valence-electron chi connectivity index (χ2n) is 15.6. The van der Waals surface area contributed by atoms with Gasteiger partial charge in [-0.25, -0.2) is 0 Å². The van der Waals surface area contributed by atoms with Gasteiger partial charge < -0.3 is 26.2 Å². The molecule has 0 fully saturated rings. The fourth-order valence-corrected chi connectivity index (χ4v) is 4.85. The monoisotopic (exact) mass is 567 g/mol. The quantitative estimate of drug-likeness (QED) is 0.162. The molecule has 0 atom stereocenters. The number of hydrogen-bond donors (Lipinski definition) is 5. The van der Waals surface area contributed by atoms with Crippen LogP contribution in [0.25, 0.3) is 0 Å². The summed E-state index contributed by atoms with van der Waals surface area (Å²) >= 11 is 0. The van der Waals surface area contributed by atoms with Gasteiger partial charge in [-0.3, -0.25) is 0 Å². The van der Waals surface area contributed by atoms with E-state index < -0.39 is 0 Å². The summed E-state index contributed by atoms with van der Waals surface area (Å²) in [6, 6.07) is 8.60. The third-order valence-corrected chi connectivity index (χ3v) is 8.36. The molecule has 232 valence electrons. The molecule has 0 radical (unpaired) electrons. The van der Waals surface area contributed by atoms with Crippen LogP contribution in [0.4, 0.5) is 0 Å². The molecule has 5 heteroatoms. The third kappa shape index (κ3) is 10.6. The van der Waals surface area contributed by atoms with Crippen molar-refractivity contribution in [1.82, 2.24) is 16.0 Å². The lowest BCUT2D eigenvalue weighted by Gasteiger charge is -2.27. The Balaban J connectivity index is 2.06. The fraction of sp³-hybridized carbons (Fsp3) is 0.667. The molecule has 0 saturated carbocycles. The maximum absolute atomic E-state index is 11.2. The Hall–Kier alpha value is -2.08. The van der Waals surface area contributed by atoms with Crippen LogP contribution in [0.3, 0.4) is 0 Å². The standard InChI is InChI=1S/C36H61N3O2/c1-13-25-15-29(33(3,4)5)16-26(31(25)40)19-38-23-36(11,12)24-39-21-28-18-30(34(6,7)8)17-27(32(28)41)20-37-22-35(9,10)14-2/h15-18,37-41H,13-14,19-24H2,1-12H3. The van der Waals surface area contributed by atoms with E-state index in [0.717, 1.165) is 54.7 Å². The minimum Gasteiger partial charge on any atom is -0.507 e. The Morgan fingerprint density at radius 3 is 1.15 bits per heavy atom. The van der Waals surface area contributed by atoms with Crippen molar-refractivity contribution in [3.63, 3.8) is 0 Å². The zero-order valence-corrected chi connectivity index (χ0v) is 28.4. The highest BCUT2D eigenvalue weighted by atomic mass is 16.3. The molecule has 5 nitrogen and oxygen atoms in total. The molecule has 0 saturated heterocycles. The summed E-state index contributed by atoms with van der Waals surface area (Å²) in [7, 11) is 0. The maximum atomic E-state index is 11.2. The number of hydrogen-bond acceptors (Lipinski definition) is 5. The summed E-state index contributed by atoms with van der Waals surface area (Å²) in [5.41, 5.74) is 6.63. The van der Waals surface area contributed by atoms with Crippen LogP contribution < -0.4 is 16.0 Å². The topological polar surface area (TPSA) is 76.5 Å². The van der Waals surface area contributed by atoms with Crippen LogP contribution in [0.15, 0.2) is 24.3 Å². The first-order valence-electron chi connectivity index (χ1n) is 15.6. The zero-order valence-electron chi connectivity index (χ0n) is 28.4. The minimum atomic E-state index is -0.0157. The highest BCUT2D eigenvalue weighted by Gasteiger charge is 2.22. The Bertz CT molecular complexity index is 1140. The van der Waals surface area contributed by atoms with Crippen LogP contribution >= 0.6 is 0 Å². The summed E-state index contributed by atoms with van der Waals surface area (Å²) in [4.78, 5) is 0. The Morgan fingerprint density at radius 2 is 0.829 bits per heavy atom. The highest BCUT2D eigenvalue weighted by molar-refractivity contribution is 5.46. The Kier molecular flexibility index (Phi) is 11.9. The number of benzene rings is 2. The fourth-order valence-electron chi connectivity index (χ4n) is 4.85. The molecule has 0 unspecified atom stereocenters. The molecule has 2 aromatic carbocycles. The molecular formula is C36H61N3O2. The summed E-state index contributed by atoms with van der Waals surface area (Å²) in [6.45, 7) is 31.1. The van der Waals surface area contributed by atoms with Gasteiger partial charge in [-0.2, -0.15) is 0 Å². The van der Waals surface area contributed by atoms with E-state index in [4.69, 9.17) is 0 Å². The number of aryl methyl sites for hydroxylation is 1. The predicted octanol–water partition coefficient (Wildman–Crippen LogP) is 7.69. The van der Waals surface area contributed by atoms with E-state index in [1.807, 2.05) is 0 Å². The van der Waals surface area contributed by atoms with Gasteiger partial charge in [0.1, 0.15) is 11.5 Å². The second kappa shape index (κ2) is 13.9. The number of nitrogens with one attached hydrogen (secondary N) is 3. The highest BCUT2D eigenvalue weighted by Crippen LogP contribution is 2.33. The molecule has 2 aromatic rings. The number of phenols is 2. The van der Waals surface area contributed by atoms with Crippen molar-refractivity contribution in [1.29, 1.82) is 0 Å². The molecule has 0 spiro atoms. The second-order valence-corrected chi connectivity index (χ2v) is 15.6. The van der Waals surface area contributed by atoms with Gasteiger partial charge in [0.05, 0.1) is 0 Å². The van der Waals surface area contributed by atoms with Gasteiger partial charge in [-0.1, -0.05) is 107 Å². The van der Waals surface area contributed by atoms with Crippen LogP contribution in [0.5, 0.6) is 11.5 Å². The van der Waals surface area contributed by atoms with Gasteiger partial charge in [-0.15, -0.1) is 0 Å².